The van der Waals surface area contributed by atoms with E-state index in [4.69, 9.17) is 0 Å². The third kappa shape index (κ3) is 2.92. The van der Waals surface area contributed by atoms with Crippen molar-refractivity contribution >= 4 is 11.6 Å². The Morgan fingerprint density at radius 2 is 2.04 bits per heavy atom. The van der Waals surface area contributed by atoms with Crippen molar-refractivity contribution in [3.63, 3.8) is 0 Å². The van der Waals surface area contributed by atoms with E-state index in [9.17, 15) is 13.6 Å². The molecule has 0 aliphatic rings. The van der Waals surface area contributed by atoms with Crippen LogP contribution in [0, 0.1) is 11.6 Å². The summed E-state index contributed by atoms with van der Waals surface area (Å²) in [6.45, 7) is 2.61. The van der Waals surface area contributed by atoms with Crippen LogP contribution in [0.5, 0.6) is 0 Å². The Hall–Kier alpha value is -2.76. The number of hydrogen-bond donors (Lipinski definition) is 0. The van der Waals surface area contributed by atoms with Crippen molar-refractivity contribution in [2.45, 2.75) is 13.5 Å². The second kappa shape index (κ2) is 6.16. The van der Waals surface area contributed by atoms with Crippen LogP contribution in [0.2, 0.25) is 0 Å². The van der Waals surface area contributed by atoms with Gasteiger partial charge in [-0.05, 0) is 37.3 Å². The molecule has 0 atom stereocenters. The third-order valence-electron chi connectivity index (χ3n) is 3.68. The van der Waals surface area contributed by atoms with Crippen LogP contribution in [0.15, 0.2) is 48.8 Å². The standard InChI is InChI=1S/C17H15F2N3O/c1-2-21(17(23)12-6-7-14(18)15(19)9-12)11-13-10-20-16-5-3-4-8-22(13)16/h3-10H,2,11H2,1H3. The summed E-state index contributed by atoms with van der Waals surface area (Å²) in [6.07, 6.45) is 3.57. The monoisotopic (exact) mass is 315 g/mol. The molecule has 1 aromatic carbocycles. The van der Waals surface area contributed by atoms with E-state index >= 15 is 0 Å². The summed E-state index contributed by atoms with van der Waals surface area (Å²) in [7, 11) is 0. The molecule has 0 aliphatic heterocycles. The van der Waals surface area contributed by atoms with Gasteiger partial charge >= 0.3 is 0 Å². The van der Waals surface area contributed by atoms with Crippen LogP contribution in [0.3, 0.4) is 0 Å². The second-order valence-electron chi connectivity index (χ2n) is 5.13. The first-order chi connectivity index (χ1) is 11.1. The summed E-state index contributed by atoms with van der Waals surface area (Å²) >= 11 is 0. The molecule has 3 rings (SSSR count). The van der Waals surface area contributed by atoms with E-state index in [0.717, 1.165) is 23.5 Å². The quantitative estimate of drug-likeness (QED) is 0.741. The number of benzene rings is 1. The van der Waals surface area contributed by atoms with E-state index in [1.165, 1.54) is 6.07 Å². The summed E-state index contributed by atoms with van der Waals surface area (Å²) in [6, 6.07) is 8.82. The van der Waals surface area contributed by atoms with E-state index in [2.05, 4.69) is 4.98 Å². The van der Waals surface area contributed by atoms with Gasteiger partial charge in [-0.2, -0.15) is 0 Å². The number of carbonyl (C=O) groups excluding carboxylic acids is 1. The minimum Gasteiger partial charge on any atom is -0.333 e. The van der Waals surface area contributed by atoms with E-state index in [1.54, 1.807) is 11.1 Å². The van der Waals surface area contributed by atoms with Gasteiger partial charge in [-0.3, -0.25) is 4.79 Å². The van der Waals surface area contributed by atoms with Crippen LogP contribution in [0.4, 0.5) is 8.78 Å². The number of aromatic nitrogens is 2. The average Bonchev–Trinajstić information content (AvgIpc) is 2.97. The fourth-order valence-electron chi connectivity index (χ4n) is 2.44. The topological polar surface area (TPSA) is 37.6 Å². The van der Waals surface area contributed by atoms with Gasteiger partial charge in [-0.25, -0.2) is 13.8 Å². The SMILES string of the molecule is CCN(Cc1cnc2ccccn12)C(=O)c1ccc(F)c(F)c1. The Kier molecular flexibility index (Phi) is 4.06. The van der Waals surface area contributed by atoms with Crippen molar-refractivity contribution in [1.29, 1.82) is 0 Å². The number of amides is 1. The number of imidazole rings is 1. The Morgan fingerprint density at radius 3 is 2.78 bits per heavy atom. The first-order valence-corrected chi connectivity index (χ1v) is 7.25. The lowest BCUT2D eigenvalue weighted by atomic mass is 10.2. The molecular weight excluding hydrogens is 300 g/mol. The first-order valence-electron chi connectivity index (χ1n) is 7.25. The smallest absolute Gasteiger partial charge is 0.254 e. The van der Waals surface area contributed by atoms with Gasteiger partial charge in [0.1, 0.15) is 5.65 Å². The Morgan fingerprint density at radius 1 is 1.22 bits per heavy atom. The van der Waals surface area contributed by atoms with Crippen LogP contribution in [0.1, 0.15) is 23.0 Å². The predicted molar refractivity (Wildman–Crippen MR) is 82.0 cm³/mol. The molecule has 4 nitrogen and oxygen atoms in total. The molecule has 2 heterocycles. The van der Waals surface area contributed by atoms with Crippen LogP contribution in [0.25, 0.3) is 5.65 Å². The van der Waals surface area contributed by atoms with E-state index in [0.29, 0.717) is 13.1 Å². The lowest BCUT2D eigenvalue weighted by Crippen LogP contribution is -2.30. The molecule has 3 aromatic rings. The van der Waals surface area contributed by atoms with Crippen LogP contribution >= 0.6 is 0 Å². The molecule has 0 aliphatic carbocycles. The number of fused-ring (bicyclic) bond motifs is 1. The van der Waals surface area contributed by atoms with Gasteiger partial charge in [0.25, 0.3) is 5.91 Å². The minimum absolute atomic E-state index is 0.125. The van der Waals surface area contributed by atoms with Gasteiger partial charge in [0.05, 0.1) is 18.4 Å². The Labute approximate surface area is 132 Å². The van der Waals surface area contributed by atoms with Crippen molar-refractivity contribution < 1.29 is 13.6 Å². The number of pyridine rings is 1. The van der Waals surface area contributed by atoms with Crippen molar-refractivity contribution in [1.82, 2.24) is 14.3 Å². The van der Waals surface area contributed by atoms with E-state index < -0.39 is 11.6 Å². The van der Waals surface area contributed by atoms with Crippen molar-refractivity contribution in [2.75, 3.05) is 6.54 Å². The number of rotatable bonds is 4. The fourth-order valence-corrected chi connectivity index (χ4v) is 2.44. The predicted octanol–water partition coefficient (Wildman–Crippen LogP) is 3.27. The summed E-state index contributed by atoms with van der Waals surface area (Å²) < 4.78 is 28.2. The molecule has 0 unspecified atom stereocenters. The normalized spacial score (nSPS) is 10.9. The molecule has 0 fully saturated rings. The molecule has 0 radical (unpaired) electrons. The number of hydrogen-bond acceptors (Lipinski definition) is 2. The minimum atomic E-state index is -1.03. The zero-order chi connectivity index (χ0) is 16.4. The lowest BCUT2D eigenvalue weighted by molar-refractivity contribution is 0.0749. The van der Waals surface area contributed by atoms with E-state index in [-0.39, 0.29) is 11.5 Å². The number of nitrogens with zero attached hydrogens (tertiary/aromatic N) is 3. The molecule has 118 valence electrons. The molecule has 23 heavy (non-hydrogen) atoms. The van der Waals surface area contributed by atoms with Crippen LogP contribution in [-0.2, 0) is 6.54 Å². The van der Waals surface area contributed by atoms with Gasteiger partial charge < -0.3 is 9.30 Å². The summed E-state index contributed by atoms with van der Waals surface area (Å²) in [5.74, 6) is -2.34. The zero-order valence-corrected chi connectivity index (χ0v) is 12.5. The van der Waals surface area contributed by atoms with Crippen LogP contribution in [-0.4, -0.2) is 26.7 Å². The van der Waals surface area contributed by atoms with Crippen LogP contribution < -0.4 is 0 Å². The maximum Gasteiger partial charge on any atom is 0.254 e. The van der Waals surface area contributed by atoms with Gasteiger partial charge in [0.15, 0.2) is 11.6 Å². The van der Waals surface area contributed by atoms with Gasteiger partial charge in [0.2, 0.25) is 0 Å². The average molecular weight is 315 g/mol. The summed E-state index contributed by atoms with van der Waals surface area (Å²) in [5, 5.41) is 0. The molecule has 0 saturated heterocycles. The fraction of sp³-hybridized carbons (Fsp3) is 0.176. The lowest BCUT2D eigenvalue weighted by Gasteiger charge is -2.20. The molecule has 2 aromatic heterocycles. The van der Waals surface area contributed by atoms with Gasteiger partial charge in [-0.15, -0.1) is 0 Å². The molecule has 0 N–H and O–H groups in total. The van der Waals surface area contributed by atoms with Crippen molar-refractivity contribution in [3.8, 4) is 0 Å². The number of carbonyl (C=O) groups is 1. The molecule has 0 bridgehead atoms. The Bertz CT molecular complexity index is 860. The highest BCUT2D eigenvalue weighted by atomic mass is 19.2. The molecular formula is C17H15F2N3O. The first kappa shape index (κ1) is 15.1. The highest BCUT2D eigenvalue weighted by molar-refractivity contribution is 5.94. The zero-order valence-electron chi connectivity index (χ0n) is 12.5. The van der Waals surface area contributed by atoms with Gasteiger partial charge in [-0.1, -0.05) is 6.07 Å². The molecule has 6 heteroatoms. The summed E-state index contributed by atoms with van der Waals surface area (Å²) in [4.78, 5) is 18.3. The largest absolute Gasteiger partial charge is 0.333 e. The third-order valence-corrected chi connectivity index (χ3v) is 3.68. The van der Waals surface area contributed by atoms with Gasteiger partial charge in [0, 0.05) is 18.3 Å². The highest BCUT2D eigenvalue weighted by Crippen LogP contribution is 2.14. The highest BCUT2D eigenvalue weighted by Gasteiger charge is 2.18. The van der Waals surface area contributed by atoms with Crippen molar-refractivity contribution in [2.24, 2.45) is 0 Å². The maximum atomic E-state index is 13.3. The van der Waals surface area contributed by atoms with E-state index in [1.807, 2.05) is 35.7 Å². The van der Waals surface area contributed by atoms with Crippen molar-refractivity contribution in [3.05, 3.63) is 71.7 Å². The number of halogens is 2. The maximum absolute atomic E-state index is 13.3. The Balaban J connectivity index is 1.87. The molecule has 1 amide bonds. The second-order valence-corrected chi connectivity index (χ2v) is 5.13. The molecule has 0 spiro atoms. The molecule has 0 saturated carbocycles. The summed E-state index contributed by atoms with van der Waals surface area (Å²) in [5.41, 5.74) is 1.76.